The molecule has 2 heteroatoms. The van der Waals surface area contributed by atoms with Gasteiger partial charge in [0.25, 0.3) is 0 Å². The van der Waals surface area contributed by atoms with E-state index in [1.807, 2.05) is 0 Å². The Morgan fingerprint density at radius 3 is 2.31 bits per heavy atom. The van der Waals surface area contributed by atoms with Gasteiger partial charge in [-0.1, -0.05) is 27.7 Å². The predicted octanol–water partition coefficient (Wildman–Crippen LogP) is 2.93. The average molecular weight is 223 g/mol. The van der Waals surface area contributed by atoms with Crippen LogP contribution in [0.2, 0.25) is 0 Å². The molecule has 0 aromatic carbocycles. The zero-order valence-corrected chi connectivity index (χ0v) is 11.1. The summed E-state index contributed by atoms with van der Waals surface area (Å²) < 4.78 is 0. The van der Waals surface area contributed by atoms with E-state index in [1.54, 1.807) is 0 Å². The second-order valence-corrected chi connectivity index (χ2v) is 6.80. The molecule has 0 aromatic rings. The van der Waals surface area contributed by atoms with E-state index in [0.29, 0.717) is 23.2 Å². The molecule has 2 aliphatic rings. The first-order chi connectivity index (χ1) is 7.40. The molecular formula is C14H25NO. The van der Waals surface area contributed by atoms with Gasteiger partial charge in [-0.25, -0.2) is 0 Å². The smallest absolute Gasteiger partial charge is 0.225 e. The van der Waals surface area contributed by atoms with E-state index in [1.165, 1.54) is 6.42 Å². The summed E-state index contributed by atoms with van der Waals surface area (Å²) in [7, 11) is 0. The Morgan fingerprint density at radius 1 is 1.38 bits per heavy atom. The minimum absolute atomic E-state index is 0.376. The SMILES string of the molecule is CC(C)CN(CC1CC1(C)C)C(=O)C1CC1. The third kappa shape index (κ3) is 2.78. The quantitative estimate of drug-likeness (QED) is 0.702. The van der Waals surface area contributed by atoms with E-state index in [4.69, 9.17) is 0 Å². The number of carbonyl (C=O) groups excluding carboxylic acids is 1. The molecule has 1 unspecified atom stereocenters. The highest BCUT2D eigenvalue weighted by atomic mass is 16.2. The van der Waals surface area contributed by atoms with Gasteiger partial charge in [0.05, 0.1) is 0 Å². The van der Waals surface area contributed by atoms with Gasteiger partial charge in [0.2, 0.25) is 5.91 Å². The van der Waals surface area contributed by atoms with Crippen LogP contribution in [0, 0.1) is 23.2 Å². The third-order valence-electron chi connectivity index (χ3n) is 3.98. The Kier molecular flexibility index (Phi) is 3.02. The first kappa shape index (κ1) is 11.9. The Hall–Kier alpha value is -0.530. The van der Waals surface area contributed by atoms with Crippen molar-refractivity contribution in [2.45, 2.75) is 47.0 Å². The van der Waals surface area contributed by atoms with Gasteiger partial charge < -0.3 is 4.90 Å². The van der Waals surface area contributed by atoms with E-state index in [2.05, 4.69) is 32.6 Å². The van der Waals surface area contributed by atoms with Crippen LogP contribution in [0.3, 0.4) is 0 Å². The molecule has 0 saturated heterocycles. The van der Waals surface area contributed by atoms with Gasteiger partial charge >= 0.3 is 0 Å². The number of amides is 1. The summed E-state index contributed by atoms with van der Waals surface area (Å²) in [6.45, 7) is 11.0. The maximum atomic E-state index is 12.1. The predicted molar refractivity (Wildman–Crippen MR) is 66.0 cm³/mol. The van der Waals surface area contributed by atoms with Gasteiger partial charge in [0, 0.05) is 19.0 Å². The summed E-state index contributed by atoms with van der Waals surface area (Å²) in [6, 6.07) is 0. The van der Waals surface area contributed by atoms with E-state index < -0.39 is 0 Å². The summed E-state index contributed by atoms with van der Waals surface area (Å²) in [6.07, 6.45) is 3.54. The fraction of sp³-hybridized carbons (Fsp3) is 0.929. The van der Waals surface area contributed by atoms with Crippen molar-refractivity contribution in [2.24, 2.45) is 23.2 Å². The second kappa shape index (κ2) is 4.05. The largest absolute Gasteiger partial charge is 0.342 e. The van der Waals surface area contributed by atoms with Crippen molar-refractivity contribution < 1.29 is 4.79 Å². The summed E-state index contributed by atoms with van der Waals surface area (Å²) in [5.41, 5.74) is 0.485. The standard InChI is InChI=1S/C14H25NO/c1-10(2)8-15(13(16)11-5-6-11)9-12-7-14(12,3)4/h10-12H,5-9H2,1-4H3. The lowest BCUT2D eigenvalue weighted by atomic mass is 10.1. The highest BCUT2D eigenvalue weighted by Gasteiger charge is 2.47. The van der Waals surface area contributed by atoms with Gasteiger partial charge in [-0.3, -0.25) is 4.79 Å². The zero-order valence-electron chi connectivity index (χ0n) is 11.1. The summed E-state index contributed by atoms with van der Waals surface area (Å²) in [4.78, 5) is 14.3. The molecule has 0 bridgehead atoms. The van der Waals surface area contributed by atoms with Crippen LogP contribution in [-0.4, -0.2) is 23.9 Å². The van der Waals surface area contributed by atoms with Crippen molar-refractivity contribution in [1.82, 2.24) is 4.90 Å². The molecule has 1 amide bonds. The van der Waals surface area contributed by atoms with Gasteiger partial charge in [0.15, 0.2) is 0 Å². The fourth-order valence-corrected chi connectivity index (χ4v) is 2.44. The van der Waals surface area contributed by atoms with E-state index in [0.717, 1.165) is 31.8 Å². The highest BCUT2D eigenvalue weighted by Crippen LogP contribution is 2.52. The molecule has 2 rings (SSSR count). The summed E-state index contributed by atoms with van der Waals surface area (Å²) in [5.74, 6) is 2.13. The highest BCUT2D eigenvalue weighted by molar-refractivity contribution is 5.81. The Bertz CT molecular complexity index is 278. The van der Waals surface area contributed by atoms with Crippen LogP contribution in [0.15, 0.2) is 0 Å². The topological polar surface area (TPSA) is 20.3 Å². The van der Waals surface area contributed by atoms with Crippen LogP contribution in [0.5, 0.6) is 0 Å². The molecular weight excluding hydrogens is 198 g/mol. The van der Waals surface area contributed by atoms with Gasteiger partial charge in [0.1, 0.15) is 0 Å². The van der Waals surface area contributed by atoms with Crippen LogP contribution in [0.1, 0.15) is 47.0 Å². The molecule has 2 fully saturated rings. The molecule has 0 heterocycles. The molecule has 1 atom stereocenters. The van der Waals surface area contributed by atoms with Crippen molar-refractivity contribution in [3.05, 3.63) is 0 Å². The third-order valence-corrected chi connectivity index (χ3v) is 3.98. The molecule has 0 aromatic heterocycles. The number of carbonyl (C=O) groups is 1. The fourth-order valence-electron chi connectivity index (χ4n) is 2.44. The van der Waals surface area contributed by atoms with E-state index >= 15 is 0 Å². The summed E-state index contributed by atoms with van der Waals surface area (Å²) >= 11 is 0. The van der Waals surface area contributed by atoms with Gasteiger partial charge in [-0.05, 0) is 36.5 Å². The van der Waals surface area contributed by atoms with Crippen LogP contribution < -0.4 is 0 Å². The molecule has 0 radical (unpaired) electrons. The van der Waals surface area contributed by atoms with Gasteiger partial charge in [-0.2, -0.15) is 0 Å². The molecule has 2 aliphatic carbocycles. The number of hydrogen-bond donors (Lipinski definition) is 0. The maximum Gasteiger partial charge on any atom is 0.225 e. The van der Waals surface area contributed by atoms with Crippen molar-refractivity contribution in [3.8, 4) is 0 Å². The molecule has 92 valence electrons. The summed E-state index contributed by atoms with van der Waals surface area (Å²) in [5, 5.41) is 0. The van der Waals surface area contributed by atoms with E-state index in [9.17, 15) is 4.79 Å². The maximum absolute atomic E-state index is 12.1. The first-order valence-electron chi connectivity index (χ1n) is 6.69. The zero-order chi connectivity index (χ0) is 11.9. The van der Waals surface area contributed by atoms with Gasteiger partial charge in [-0.15, -0.1) is 0 Å². The van der Waals surface area contributed by atoms with Crippen molar-refractivity contribution in [1.29, 1.82) is 0 Å². The first-order valence-corrected chi connectivity index (χ1v) is 6.69. The minimum atomic E-state index is 0.376. The van der Waals surface area contributed by atoms with Crippen LogP contribution in [-0.2, 0) is 4.79 Å². The minimum Gasteiger partial charge on any atom is -0.342 e. The van der Waals surface area contributed by atoms with Crippen LogP contribution in [0.25, 0.3) is 0 Å². The molecule has 0 aliphatic heterocycles. The Balaban J connectivity index is 1.89. The molecule has 0 spiro atoms. The Morgan fingerprint density at radius 2 is 1.94 bits per heavy atom. The Labute approximate surface area is 99.4 Å². The normalized spacial score (nSPS) is 26.9. The number of hydrogen-bond acceptors (Lipinski definition) is 1. The lowest BCUT2D eigenvalue weighted by Crippen LogP contribution is -2.37. The van der Waals surface area contributed by atoms with Crippen molar-refractivity contribution >= 4 is 5.91 Å². The lowest BCUT2D eigenvalue weighted by Gasteiger charge is -2.25. The van der Waals surface area contributed by atoms with E-state index in [-0.39, 0.29) is 0 Å². The number of nitrogens with zero attached hydrogens (tertiary/aromatic N) is 1. The number of rotatable bonds is 5. The molecule has 2 saturated carbocycles. The lowest BCUT2D eigenvalue weighted by molar-refractivity contribution is -0.133. The molecule has 0 N–H and O–H groups in total. The average Bonchev–Trinajstić information content (AvgIpc) is 3.02. The monoisotopic (exact) mass is 223 g/mol. The van der Waals surface area contributed by atoms with Crippen LogP contribution >= 0.6 is 0 Å². The van der Waals surface area contributed by atoms with Crippen LogP contribution in [0.4, 0.5) is 0 Å². The molecule has 2 nitrogen and oxygen atoms in total. The second-order valence-electron chi connectivity index (χ2n) is 6.80. The van der Waals surface area contributed by atoms with Crippen molar-refractivity contribution in [3.63, 3.8) is 0 Å². The van der Waals surface area contributed by atoms with Crippen molar-refractivity contribution in [2.75, 3.05) is 13.1 Å². The molecule has 16 heavy (non-hydrogen) atoms.